The van der Waals surface area contributed by atoms with Crippen LogP contribution in [0, 0.1) is 6.92 Å². The third-order valence-electron chi connectivity index (χ3n) is 2.71. The number of hydrogen-bond acceptors (Lipinski definition) is 4. The van der Waals surface area contributed by atoms with Crippen LogP contribution in [0.3, 0.4) is 0 Å². The van der Waals surface area contributed by atoms with E-state index in [1.807, 2.05) is 31.2 Å². The van der Waals surface area contributed by atoms with Crippen molar-refractivity contribution in [2.75, 3.05) is 0 Å². The zero-order valence-electron chi connectivity index (χ0n) is 10.3. The predicted octanol–water partition coefficient (Wildman–Crippen LogP) is 2.93. The standard InChI is InChI=1S/C15H11NO3/c1-10-4-2-5-11(8-10)14-16-13(15(17)19-14)9-12-6-3-7-18-12/h2-9H,1H3/b13-9+. The van der Waals surface area contributed by atoms with Gasteiger partial charge in [-0.05, 0) is 31.2 Å². The van der Waals surface area contributed by atoms with Crippen LogP contribution < -0.4 is 0 Å². The number of esters is 1. The van der Waals surface area contributed by atoms with Gasteiger partial charge in [0.1, 0.15) is 5.76 Å². The summed E-state index contributed by atoms with van der Waals surface area (Å²) in [6.45, 7) is 1.97. The van der Waals surface area contributed by atoms with Crippen molar-refractivity contribution in [1.82, 2.24) is 0 Å². The van der Waals surface area contributed by atoms with Crippen LogP contribution in [0.4, 0.5) is 0 Å². The van der Waals surface area contributed by atoms with Crippen molar-refractivity contribution in [2.24, 2.45) is 4.99 Å². The van der Waals surface area contributed by atoms with Crippen LogP contribution in [0.25, 0.3) is 6.08 Å². The molecule has 3 rings (SSSR count). The van der Waals surface area contributed by atoms with Gasteiger partial charge < -0.3 is 9.15 Å². The number of aryl methyl sites for hydroxylation is 1. The first kappa shape index (κ1) is 11.5. The van der Waals surface area contributed by atoms with E-state index in [2.05, 4.69) is 4.99 Å². The van der Waals surface area contributed by atoms with Gasteiger partial charge >= 0.3 is 5.97 Å². The lowest BCUT2D eigenvalue weighted by Crippen LogP contribution is -2.05. The molecular formula is C15H11NO3. The third-order valence-corrected chi connectivity index (χ3v) is 2.71. The van der Waals surface area contributed by atoms with E-state index < -0.39 is 5.97 Å². The molecule has 4 nitrogen and oxygen atoms in total. The van der Waals surface area contributed by atoms with Crippen molar-refractivity contribution in [3.05, 3.63) is 65.2 Å². The van der Waals surface area contributed by atoms with Gasteiger partial charge in [-0.2, -0.15) is 0 Å². The number of carbonyl (C=O) groups is 1. The average Bonchev–Trinajstić information content (AvgIpc) is 3.01. The molecule has 0 fully saturated rings. The summed E-state index contributed by atoms with van der Waals surface area (Å²) < 4.78 is 10.3. The van der Waals surface area contributed by atoms with Crippen molar-refractivity contribution in [3.8, 4) is 0 Å². The van der Waals surface area contributed by atoms with Gasteiger partial charge in [0, 0.05) is 11.6 Å². The van der Waals surface area contributed by atoms with Gasteiger partial charge in [-0.15, -0.1) is 0 Å². The Balaban J connectivity index is 1.95. The van der Waals surface area contributed by atoms with E-state index in [1.54, 1.807) is 18.2 Å². The molecule has 0 unspecified atom stereocenters. The molecule has 1 aliphatic rings. The lowest BCUT2D eigenvalue weighted by Gasteiger charge is -1.99. The minimum absolute atomic E-state index is 0.242. The van der Waals surface area contributed by atoms with Gasteiger partial charge in [0.2, 0.25) is 5.90 Å². The van der Waals surface area contributed by atoms with Crippen molar-refractivity contribution >= 4 is 17.9 Å². The van der Waals surface area contributed by atoms with Gasteiger partial charge in [0.25, 0.3) is 0 Å². The SMILES string of the molecule is Cc1cccc(C2=N/C(=C/c3ccco3)C(=O)O2)c1. The summed E-state index contributed by atoms with van der Waals surface area (Å²) in [5.74, 6) is 0.431. The van der Waals surface area contributed by atoms with E-state index in [-0.39, 0.29) is 5.70 Å². The van der Waals surface area contributed by atoms with E-state index >= 15 is 0 Å². The zero-order chi connectivity index (χ0) is 13.2. The van der Waals surface area contributed by atoms with Gasteiger partial charge in [-0.1, -0.05) is 17.7 Å². The molecule has 0 spiro atoms. The lowest BCUT2D eigenvalue weighted by molar-refractivity contribution is -0.129. The van der Waals surface area contributed by atoms with Gasteiger partial charge in [-0.25, -0.2) is 9.79 Å². The fourth-order valence-electron chi connectivity index (χ4n) is 1.82. The van der Waals surface area contributed by atoms with Crippen LogP contribution in [0.15, 0.2) is 57.8 Å². The Kier molecular flexibility index (Phi) is 2.76. The number of furan rings is 1. The topological polar surface area (TPSA) is 51.8 Å². The number of nitrogens with zero attached hydrogens (tertiary/aromatic N) is 1. The van der Waals surface area contributed by atoms with Crippen LogP contribution >= 0.6 is 0 Å². The Morgan fingerprint density at radius 2 is 2.11 bits per heavy atom. The number of benzene rings is 1. The molecule has 94 valence electrons. The molecule has 2 aromatic rings. The second-order valence-electron chi connectivity index (χ2n) is 4.22. The summed E-state index contributed by atoms with van der Waals surface area (Å²) in [7, 11) is 0. The zero-order valence-corrected chi connectivity index (χ0v) is 10.3. The van der Waals surface area contributed by atoms with Crippen LogP contribution in [0.1, 0.15) is 16.9 Å². The minimum Gasteiger partial charge on any atom is -0.465 e. The first-order valence-corrected chi connectivity index (χ1v) is 5.85. The van der Waals surface area contributed by atoms with Gasteiger partial charge in [0.05, 0.1) is 6.26 Å². The Bertz CT molecular complexity index is 681. The minimum atomic E-state index is -0.465. The molecule has 4 heteroatoms. The first-order valence-electron chi connectivity index (χ1n) is 5.85. The summed E-state index contributed by atoms with van der Waals surface area (Å²) >= 11 is 0. The first-order chi connectivity index (χ1) is 9.22. The highest BCUT2D eigenvalue weighted by molar-refractivity contribution is 6.12. The van der Waals surface area contributed by atoms with Crippen LogP contribution in [0.2, 0.25) is 0 Å². The monoisotopic (exact) mass is 253 g/mol. The number of cyclic esters (lactones) is 1. The molecule has 0 atom stereocenters. The van der Waals surface area contributed by atoms with E-state index in [0.717, 1.165) is 11.1 Å². The molecule has 0 aliphatic carbocycles. The lowest BCUT2D eigenvalue weighted by atomic mass is 10.1. The summed E-state index contributed by atoms with van der Waals surface area (Å²) in [6, 6.07) is 11.1. The molecular weight excluding hydrogens is 242 g/mol. The maximum atomic E-state index is 11.7. The normalized spacial score (nSPS) is 16.6. The van der Waals surface area contributed by atoms with Crippen LogP contribution in [-0.2, 0) is 9.53 Å². The van der Waals surface area contributed by atoms with E-state index in [0.29, 0.717) is 11.7 Å². The summed E-state index contributed by atoms with van der Waals surface area (Å²) in [5, 5.41) is 0. The summed E-state index contributed by atoms with van der Waals surface area (Å²) in [4.78, 5) is 15.9. The molecule has 19 heavy (non-hydrogen) atoms. The Morgan fingerprint density at radius 3 is 2.84 bits per heavy atom. The summed E-state index contributed by atoms with van der Waals surface area (Å²) in [5.41, 5.74) is 2.11. The molecule has 1 aliphatic heterocycles. The largest absolute Gasteiger partial charge is 0.465 e. The summed E-state index contributed by atoms with van der Waals surface area (Å²) in [6.07, 6.45) is 3.10. The number of ether oxygens (including phenoxy) is 1. The second-order valence-corrected chi connectivity index (χ2v) is 4.22. The van der Waals surface area contributed by atoms with Gasteiger partial charge in [0.15, 0.2) is 5.70 Å². The Labute approximate surface area is 110 Å². The molecule has 1 aromatic carbocycles. The smallest absolute Gasteiger partial charge is 0.363 e. The highest BCUT2D eigenvalue weighted by Crippen LogP contribution is 2.19. The number of aliphatic imine (C=N–C) groups is 1. The molecule has 0 saturated heterocycles. The van der Waals surface area contributed by atoms with Crippen LogP contribution in [-0.4, -0.2) is 11.9 Å². The molecule has 1 aromatic heterocycles. The molecule has 0 N–H and O–H groups in total. The maximum absolute atomic E-state index is 11.7. The fraction of sp³-hybridized carbons (Fsp3) is 0.0667. The molecule has 0 saturated carbocycles. The van der Waals surface area contributed by atoms with E-state index in [1.165, 1.54) is 6.26 Å². The van der Waals surface area contributed by atoms with Crippen molar-refractivity contribution < 1.29 is 13.9 Å². The Hall–Kier alpha value is -2.62. The predicted molar refractivity (Wildman–Crippen MR) is 70.5 cm³/mol. The maximum Gasteiger partial charge on any atom is 0.363 e. The molecule has 2 heterocycles. The van der Waals surface area contributed by atoms with Crippen LogP contribution in [0.5, 0.6) is 0 Å². The quantitative estimate of drug-likeness (QED) is 0.610. The fourth-order valence-corrected chi connectivity index (χ4v) is 1.82. The highest BCUT2D eigenvalue weighted by atomic mass is 16.6. The van der Waals surface area contributed by atoms with E-state index in [9.17, 15) is 4.79 Å². The van der Waals surface area contributed by atoms with Crippen molar-refractivity contribution in [2.45, 2.75) is 6.92 Å². The number of rotatable bonds is 2. The van der Waals surface area contributed by atoms with E-state index in [4.69, 9.17) is 9.15 Å². The Morgan fingerprint density at radius 1 is 1.21 bits per heavy atom. The molecule has 0 amide bonds. The van der Waals surface area contributed by atoms with Crippen molar-refractivity contribution in [3.63, 3.8) is 0 Å². The molecule has 0 radical (unpaired) electrons. The number of hydrogen-bond donors (Lipinski definition) is 0. The second kappa shape index (κ2) is 4.57. The number of carbonyl (C=O) groups excluding carboxylic acids is 1. The van der Waals surface area contributed by atoms with Gasteiger partial charge in [-0.3, -0.25) is 0 Å². The third kappa shape index (κ3) is 2.33. The van der Waals surface area contributed by atoms with Crippen molar-refractivity contribution in [1.29, 1.82) is 0 Å². The average molecular weight is 253 g/mol. The molecule has 0 bridgehead atoms. The highest BCUT2D eigenvalue weighted by Gasteiger charge is 2.24.